The molecule has 0 aliphatic heterocycles. The smallest absolute Gasteiger partial charge is 0.179 e. The maximum Gasteiger partial charge on any atom is 0.179 e. The van der Waals surface area contributed by atoms with Gasteiger partial charge < -0.3 is 9.72 Å². The van der Waals surface area contributed by atoms with E-state index in [4.69, 9.17) is 16.6 Å². The minimum absolute atomic E-state index is 0.602. The first-order valence-electron chi connectivity index (χ1n) is 7.95. The first-order valence-corrected chi connectivity index (χ1v) is 8.33. The molecule has 2 aromatic carbocycles. The molecular weight excluding hydrogens is 350 g/mol. The molecule has 0 radical (unpaired) electrons. The average molecular weight is 362 g/mol. The number of H-pyrrole nitrogens is 1. The Kier molecular flexibility index (Phi) is 3.32. The third-order valence-corrected chi connectivity index (χ3v) is 4.40. The quantitative estimate of drug-likeness (QED) is 0.506. The van der Waals surface area contributed by atoms with Crippen molar-refractivity contribution in [2.75, 3.05) is 5.32 Å². The monoisotopic (exact) mass is 361 g/mol. The molecule has 5 aromatic rings. The van der Waals surface area contributed by atoms with E-state index in [0.717, 1.165) is 33.6 Å². The van der Waals surface area contributed by atoms with Crippen molar-refractivity contribution in [3.63, 3.8) is 0 Å². The highest BCUT2D eigenvalue weighted by Crippen LogP contribution is 2.28. The molecule has 0 fully saturated rings. The molecular formula is C18H12ClN7. The molecule has 3 heterocycles. The van der Waals surface area contributed by atoms with Crippen molar-refractivity contribution in [3.8, 4) is 11.4 Å². The zero-order valence-electron chi connectivity index (χ0n) is 13.4. The van der Waals surface area contributed by atoms with Crippen LogP contribution in [0.5, 0.6) is 0 Å². The van der Waals surface area contributed by atoms with Crippen LogP contribution in [0.3, 0.4) is 0 Å². The summed E-state index contributed by atoms with van der Waals surface area (Å²) in [5.74, 6) is 1.35. The predicted molar refractivity (Wildman–Crippen MR) is 101 cm³/mol. The Morgan fingerprint density at radius 1 is 1.00 bits per heavy atom. The van der Waals surface area contributed by atoms with Gasteiger partial charge in [-0.2, -0.15) is 0 Å². The van der Waals surface area contributed by atoms with Crippen molar-refractivity contribution >= 4 is 39.7 Å². The maximum absolute atomic E-state index is 6.09. The zero-order valence-corrected chi connectivity index (χ0v) is 14.1. The summed E-state index contributed by atoms with van der Waals surface area (Å²) in [6.45, 7) is 0. The Balaban J connectivity index is 1.69. The Hall–Kier alpha value is -3.45. The van der Waals surface area contributed by atoms with Crippen molar-refractivity contribution in [1.82, 2.24) is 30.0 Å². The molecule has 0 saturated heterocycles. The molecule has 0 amide bonds. The zero-order chi connectivity index (χ0) is 17.5. The molecule has 0 saturated carbocycles. The van der Waals surface area contributed by atoms with Crippen LogP contribution in [0.1, 0.15) is 0 Å². The largest absolute Gasteiger partial charge is 0.338 e. The van der Waals surface area contributed by atoms with Crippen LogP contribution < -0.4 is 5.32 Å². The van der Waals surface area contributed by atoms with Gasteiger partial charge in [0, 0.05) is 22.5 Å². The summed E-state index contributed by atoms with van der Waals surface area (Å²) >= 11 is 6.09. The molecule has 0 aliphatic carbocycles. The number of nitrogens with one attached hydrogen (secondary N) is 2. The number of anilines is 2. The van der Waals surface area contributed by atoms with Crippen LogP contribution in [0.25, 0.3) is 27.9 Å². The van der Waals surface area contributed by atoms with Crippen LogP contribution in [0.4, 0.5) is 11.5 Å². The molecule has 5 rings (SSSR count). The summed E-state index contributed by atoms with van der Waals surface area (Å²) in [6, 6.07) is 17.5. The highest BCUT2D eigenvalue weighted by molar-refractivity contribution is 6.30. The number of aromatic nitrogens is 6. The first-order chi connectivity index (χ1) is 12.8. The van der Waals surface area contributed by atoms with E-state index < -0.39 is 0 Å². The molecule has 126 valence electrons. The van der Waals surface area contributed by atoms with Gasteiger partial charge in [0.05, 0.1) is 16.6 Å². The van der Waals surface area contributed by atoms with Crippen LogP contribution in [0, 0.1) is 0 Å². The average Bonchev–Trinajstić information content (AvgIpc) is 3.33. The number of aromatic amines is 1. The Bertz CT molecular complexity index is 1230. The van der Waals surface area contributed by atoms with Crippen LogP contribution in [-0.2, 0) is 0 Å². The molecule has 7 nitrogen and oxygen atoms in total. The summed E-state index contributed by atoms with van der Waals surface area (Å²) in [4.78, 5) is 4.81. The van der Waals surface area contributed by atoms with Crippen LogP contribution in [-0.4, -0.2) is 30.0 Å². The lowest BCUT2D eigenvalue weighted by Gasteiger charge is -2.11. The molecule has 26 heavy (non-hydrogen) atoms. The Morgan fingerprint density at radius 3 is 2.81 bits per heavy atom. The maximum atomic E-state index is 6.09. The van der Waals surface area contributed by atoms with Crippen LogP contribution in [0.2, 0.25) is 5.02 Å². The van der Waals surface area contributed by atoms with Crippen LogP contribution in [0.15, 0.2) is 60.8 Å². The number of hydrogen-bond acceptors (Lipinski definition) is 5. The van der Waals surface area contributed by atoms with Gasteiger partial charge in [-0.05, 0) is 59.0 Å². The van der Waals surface area contributed by atoms with E-state index in [1.54, 1.807) is 0 Å². The molecule has 2 N–H and O–H groups in total. The highest BCUT2D eigenvalue weighted by atomic mass is 35.5. The molecule has 8 heteroatoms. The third-order valence-electron chi connectivity index (χ3n) is 4.16. The van der Waals surface area contributed by atoms with Crippen molar-refractivity contribution in [2.45, 2.75) is 0 Å². The summed E-state index contributed by atoms with van der Waals surface area (Å²) in [5.41, 5.74) is 4.55. The lowest BCUT2D eigenvalue weighted by Crippen LogP contribution is -1.99. The number of fused-ring (bicyclic) bond motifs is 3. The second kappa shape index (κ2) is 5.82. The van der Waals surface area contributed by atoms with E-state index >= 15 is 0 Å². The number of nitrogens with zero attached hydrogens (tertiary/aromatic N) is 5. The predicted octanol–water partition coefficient (Wildman–Crippen LogP) is 4.06. The van der Waals surface area contributed by atoms with Crippen molar-refractivity contribution in [1.29, 1.82) is 0 Å². The highest BCUT2D eigenvalue weighted by Gasteiger charge is 2.11. The van der Waals surface area contributed by atoms with E-state index in [-0.39, 0.29) is 0 Å². The van der Waals surface area contributed by atoms with Gasteiger partial charge in [-0.3, -0.25) is 0 Å². The third kappa shape index (κ3) is 2.46. The minimum atomic E-state index is 0.602. The van der Waals surface area contributed by atoms with Crippen molar-refractivity contribution in [3.05, 3.63) is 65.8 Å². The van der Waals surface area contributed by atoms with Gasteiger partial charge >= 0.3 is 0 Å². The molecule has 3 aromatic heterocycles. The number of tetrazole rings is 1. The van der Waals surface area contributed by atoms with Crippen LogP contribution >= 0.6 is 11.6 Å². The van der Waals surface area contributed by atoms with Gasteiger partial charge in [-0.1, -0.05) is 17.7 Å². The van der Waals surface area contributed by atoms with E-state index in [9.17, 15) is 0 Å². The first kappa shape index (κ1) is 14.9. The van der Waals surface area contributed by atoms with Crippen molar-refractivity contribution < 1.29 is 0 Å². The van der Waals surface area contributed by atoms with Gasteiger partial charge in [0.15, 0.2) is 11.6 Å². The van der Waals surface area contributed by atoms with E-state index in [1.165, 1.54) is 0 Å². The van der Waals surface area contributed by atoms with E-state index in [1.807, 2.05) is 60.8 Å². The molecule has 0 spiro atoms. The lowest BCUT2D eigenvalue weighted by molar-refractivity contribution is 0.881. The molecule has 0 unspecified atom stereocenters. The number of benzene rings is 2. The summed E-state index contributed by atoms with van der Waals surface area (Å²) in [5, 5.41) is 18.0. The second-order valence-electron chi connectivity index (χ2n) is 5.81. The fourth-order valence-corrected chi connectivity index (χ4v) is 3.19. The van der Waals surface area contributed by atoms with E-state index in [2.05, 4.69) is 30.3 Å². The van der Waals surface area contributed by atoms with Gasteiger partial charge in [0.2, 0.25) is 0 Å². The van der Waals surface area contributed by atoms with Gasteiger partial charge in [0.25, 0.3) is 0 Å². The lowest BCUT2D eigenvalue weighted by atomic mass is 10.2. The Labute approximate surface area is 152 Å². The topological polar surface area (TPSA) is 83.8 Å². The van der Waals surface area contributed by atoms with Gasteiger partial charge in [-0.15, -0.1) is 5.10 Å². The van der Waals surface area contributed by atoms with E-state index in [0.29, 0.717) is 10.8 Å². The minimum Gasteiger partial charge on any atom is -0.338 e. The van der Waals surface area contributed by atoms with Gasteiger partial charge in [-0.25, -0.2) is 10.1 Å². The number of rotatable bonds is 3. The Morgan fingerprint density at radius 2 is 1.96 bits per heavy atom. The molecule has 0 atom stereocenters. The number of hydrogen-bond donors (Lipinski definition) is 2. The second-order valence-corrected chi connectivity index (χ2v) is 6.25. The van der Waals surface area contributed by atoms with Crippen molar-refractivity contribution in [2.24, 2.45) is 0 Å². The number of halogens is 1. The summed E-state index contributed by atoms with van der Waals surface area (Å²) in [6.07, 6.45) is 2.01. The normalized spacial score (nSPS) is 11.3. The standard InChI is InChI=1S/C18H12ClN7/c19-12-3-1-4-13(10-12)20-18-16-5-2-8-26(16)15-7-6-11(9-14(15)21-18)17-22-24-25-23-17/h1-10H,(H,20,21)(H,22,23,24,25). The molecule has 0 bridgehead atoms. The fourth-order valence-electron chi connectivity index (χ4n) is 3.00. The molecule has 0 aliphatic rings. The SMILES string of the molecule is Clc1cccc(Nc2nc3cc(-c4nnn[nH]4)ccc3n3cccc23)c1. The summed E-state index contributed by atoms with van der Waals surface area (Å²) < 4.78 is 2.09. The summed E-state index contributed by atoms with van der Waals surface area (Å²) in [7, 11) is 0. The van der Waals surface area contributed by atoms with Gasteiger partial charge in [0.1, 0.15) is 0 Å². The fraction of sp³-hybridized carbons (Fsp3) is 0.